The van der Waals surface area contributed by atoms with E-state index < -0.39 is 21.7 Å². The minimum Gasteiger partial charge on any atom is -0.351 e. The summed E-state index contributed by atoms with van der Waals surface area (Å²) in [6.07, 6.45) is 0. The molecule has 0 aliphatic heterocycles. The molecule has 26 heavy (non-hydrogen) atoms. The Hall–Kier alpha value is -3.37. The summed E-state index contributed by atoms with van der Waals surface area (Å²) < 4.78 is 32.3. The van der Waals surface area contributed by atoms with Crippen molar-refractivity contribution < 1.29 is 17.8 Å². The number of benzene rings is 2. The lowest BCUT2D eigenvalue weighted by atomic mass is 10.3. The molecule has 0 aliphatic carbocycles. The highest BCUT2D eigenvalue weighted by molar-refractivity contribution is 7.85. The smallest absolute Gasteiger partial charge is 0.325 e. The molecule has 134 valence electrons. The number of hydrogen-bond acceptors (Lipinski definition) is 4. The fourth-order valence-corrected chi connectivity index (χ4v) is 2.90. The Morgan fingerprint density at radius 2 is 1.69 bits per heavy atom. The van der Waals surface area contributed by atoms with E-state index in [1.807, 2.05) is 0 Å². The summed E-state index contributed by atoms with van der Waals surface area (Å²) in [5.41, 5.74) is 5.72. The highest BCUT2D eigenvalue weighted by Crippen LogP contribution is 2.22. The highest BCUT2D eigenvalue weighted by Gasteiger charge is 2.19. The first kappa shape index (κ1) is 17.5. The van der Waals surface area contributed by atoms with Crippen LogP contribution in [0.4, 0.5) is 16.3 Å². The molecule has 2 aromatic carbocycles. The molecule has 0 saturated heterocycles. The van der Waals surface area contributed by atoms with Crippen LogP contribution in [0.15, 0.2) is 70.4 Å². The van der Waals surface area contributed by atoms with Gasteiger partial charge in [-0.15, -0.1) is 0 Å². The molecule has 0 unspecified atom stereocenters. The third kappa shape index (κ3) is 3.36. The van der Waals surface area contributed by atoms with Crippen LogP contribution in [-0.2, 0) is 10.1 Å². The van der Waals surface area contributed by atoms with Gasteiger partial charge >= 0.3 is 6.03 Å². The maximum atomic E-state index is 12.3. The van der Waals surface area contributed by atoms with E-state index in [9.17, 15) is 18.0 Å². The molecule has 1 heterocycles. The number of primary amides is 1. The zero-order valence-corrected chi connectivity index (χ0v) is 14.1. The van der Waals surface area contributed by atoms with Gasteiger partial charge in [0.05, 0.1) is 16.3 Å². The number of nitrogens with two attached hydrogens (primary N) is 1. The number of anilines is 2. The van der Waals surface area contributed by atoms with Gasteiger partial charge in [0.2, 0.25) is 0 Å². The summed E-state index contributed by atoms with van der Waals surface area (Å²) in [7, 11) is -4.33. The molecule has 4 N–H and O–H groups in total. The van der Waals surface area contributed by atoms with Gasteiger partial charge in [0.1, 0.15) is 5.82 Å². The zero-order chi connectivity index (χ0) is 18.9. The van der Waals surface area contributed by atoms with Crippen LogP contribution < -0.4 is 16.2 Å². The van der Waals surface area contributed by atoms with Gasteiger partial charge in [-0.2, -0.15) is 8.42 Å². The largest absolute Gasteiger partial charge is 0.351 e. The van der Waals surface area contributed by atoms with E-state index in [4.69, 9.17) is 10.3 Å². The van der Waals surface area contributed by atoms with Crippen LogP contribution in [-0.4, -0.2) is 28.8 Å². The average Bonchev–Trinajstić information content (AvgIpc) is 2.96. The van der Waals surface area contributed by atoms with Crippen molar-refractivity contribution in [2.45, 2.75) is 4.90 Å². The topological polar surface area (TPSA) is 138 Å². The first-order valence-corrected chi connectivity index (χ1v) is 8.76. The number of para-hydroxylation sites is 1. The monoisotopic (exact) mass is 374 g/mol. The molecule has 1 aromatic heterocycles. The van der Waals surface area contributed by atoms with Crippen LogP contribution in [0, 0.1) is 0 Å². The molecule has 3 rings (SSSR count). The fourth-order valence-electron chi connectivity index (χ4n) is 2.42. The lowest BCUT2D eigenvalue weighted by molar-refractivity contribution is 0.256. The van der Waals surface area contributed by atoms with Crippen molar-refractivity contribution in [2.75, 3.05) is 4.90 Å². The van der Waals surface area contributed by atoms with Crippen molar-refractivity contribution in [1.29, 1.82) is 0 Å². The predicted octanol–water partition coefficient (Wildman–Crippen LogP) is 1.63. The summed E-state index contributed by atoms with van der Waals surface area (Å²) in [6.45, 7) is 0. The normalized spacial score (nSPS) is 11.3. The molecule has 2 amide bonds. The second-order valence-corrected chi connectivity index (χ2v) is 6.71. The molecule has 0 spiro atoms. The lowest BCUT2D eigenvalue weighted by Gasteiger charge is -2.18. The Morgan fingerprint density at radius 1 is 1.08 bits per heavy atom. The Labute approximate surface area is 148 Å². The van der Waals surface area contributed by atoms with Crippen LogP contribution in [0.3, 0.4) is 0 Å². The molecule has 0 bridgehead atoms. The predicted molar refractivity (Wildman–Crippen MR) is 94.4 cm³/mol. The van der Waals surface area contributed by atoms with Crippen molar-refractivity contribution in [2.24, 2.45) is 5.73 Å². The fraction of sp³-hybridized carbons (Fsp3) is 0. The van der Waals surface area contributed by atoms with Gasteiger partial charge in [0.15, 0.2) is 0 Å². The van der Waals surface area contributed by atoms with E-state index in [2.05, 4.69) is 5.10 Å². The molecule has 3 aromatic rings. The number of carbonyl (C=O) groups is 1. The number of aromatic amines is 1. The maximum Gasteiger partial charge on any atom is 0.325 e. The first-order valence-electron chi connectivity index (χ1n) is 7.32. The average molecular weight is 374 g/mol. The number of rotatable bonds is 4. The summed E-state index contributed by atoms with van der Waals surface area (Å²) in [6, 6.07) is 13.9. The third-order valence-electron chi connectivity index (χ3n) is 3.58. The number of nitrogens with zero attached hydrogens (tertiary/aromatic N) is 2. The van der Waals surface area contributed by atoms with Crippen LogP contribution in [0.2, 0.25) is 0 Å². The summed E-state index contributed by atoms with van der Waals surface area (Å²) in [5, 5.41) is 2.75. The molecular weight excluding hydrogens is 360 g/mol. The molecule has 0 aliphatic rings. The van der Waals surface area contributed by atoms with Gasteiger partial charge in [-0.3, -0.25) is 14.4 Å². The van der Waals surface area contributed by atoms with Crippen molar-refractivity contribution in [3.8, 4) is 5.69 Å². The molecule has 0 radical (unpaired) electrons. The summed E-state index contributed by atoms with van der Waals surface area (Å²) in [5.74, 6) is 0.146. The zero-order valence-electron chi connectivity index (χ0n) is 13.2. The number of H-pyrrole nitrogens is 1. The lowest BCUT2D eigenvalue weighted by Crippen LogP contribution is -2.31. The van der Waals surface area contributed by atoms with E-state index >= 15 is 0 Å². The summed E-state index contributed by atoms with van der Waals surface area (Å²) >= 11 is 0. The minimum absolute atomic E-state index is 0.146. The molecule has 10 heteroatoms. The maximum absolute atomic E-state index is 12.3. The molecule has 9 nitrogen and oxygen atoms in total. The van der Waals surface area contributed by atoms with Gasteiger partial charge in [-0.1, -0.05) is 18.2 Å². The standard InChI is InChI=1S/C16H14N4O5S/c17-16(22)19(11-4-2-1-3-5-11)14-10-15(21)20(18-14)12-6-8-13(9-7-12)26(23,24)25/h1-10,18H,(H2,17,22)(H,23,24,25). The number of aromatic nitrogens is 2. The number of hydrogen-bond donors (Lipinski definition) is 3. The number of urea groups is 1. The summed E-state index contributed by atoms with van der Waals surface area (Å²) in [4.78, 5) is 24.9. The molecule has 0 fully saturated rings. The van der Waals surface area contributed by atoms with Crippen LogP contribution >= 0.6 is 0 Å². The van der Waals surface area contributed by atoms with E-state index in [0.29, 0.717) is 11.4 Å². The van der Waals surface area contributed by atoms with Crippen LogP contribution in [0.1, 0.15) is 0 Å². The van der Waals surface area contributed by atoms with Crippen molar-refractivity contribution >= 4 is 27.7 Å². The van der Waals surface area contributed by atoms with Gasteiger partial charge < -0.3 is 5.73 Å². The Bertz CT molecular complexity index is 1100. The first-order chi connectivity index (χ1) is 12.3. The highest BCUT2D eigenvalue weighted by atomic mass is 32.2. The van der Waals surface area contributed by atoms with E-state index in [1.165, 1.54) is 18.2 Å². The second-order valence-electron chi connectivity index (χ2n) is 5.29. The van der Waals surface area contributed by atoms with Crippen molar-refractivity contribution in [3.05, 3.63) is 71.0 Å². The van der Waals surface area contributed by atoms with Crippen LogP contribution in [0.25, 0.3) is 5.69 Å². The van der Waals surface area contributed by atoms with Crippen molar-refractivity contribution in [3.63, 3.8) is 0 Å². The number of nitrogens with one attached hydrogen (secondary N) is 1. The van der Waals surface area contributed by atoms with Crippen LogP contribution in [0.5, 0.6) is 0 Å². The second kappa shape index (κ2) is 6.50. The number of amides is 2. The molecular formula is C16H14N4O5S. The van der Waals surface area contributed by atoms with Gasteiger partial charge in [0.25, 0.3) is 15.7 Å². The SMILES string of the molecule is NC(=O)N(c1ccccc1)c1cc(=O)n(-c2ccc(S(=O)(=O)O)cc2)[nH]1. The van der Waals surface area contributed by atoms with Crippen molar-refractivity contribution in [1.82, 2.24) is 9.78 Å². The minimum atomic E-state index is -4.33. The Morgan fingerprint density at radius 3 is 2.23 bits per heavy atom. The van der Waals surface area contributed by atoms with Gasteiger partial charge in [0, 0.05) is 6.07 Å². The quantitative estimate of drug-likeness (QED) is 0.596. The molecule has 0 saturated carbocycles. The van der Waals surface area contributed by atoms with Gasteiger partial charge in [-0.05, 0) is 36.4 Å². The third-order valence-corrected chi connectivity index (χ3v) is 4.44. The molecule has 0 atom stereocenters. The Kier molecular flexibility index (Phi) is 4.36. The Balaban J connectivity index is 2.04. The van der Waals surface area contributed by atoms with Gasteiger partial charge in [-0.25, -0.2) is 14.4 Å². The number of carbonyl (C=O) groups excluding carboxylic acids is 1. The van der Waals surface area contributed by atoms with E-state index in [0.717, 1.165) is 21.7 Å². The van der Waals surface area contributed by atoms with E-state index in [1.54, 1.807) is 30.3 Å². The van der Waals surface area contributed by atoms with E-state index in [-0.39, 0.29) is 10.7 Å².